The number of hydrogen-bond donors (Lipinski definition) is 0. The second-order valence-electron chi connectivity index (χ2n) is 0. The van der Waals surface area contributed by atoms with Gasteiger partial charge in [-0.3, -0.25) is 0 Å². The molecule has 0 atom stereocenters. The third-order valence-corrected chi connectivity index (χ3v) is 0. The Bertz CT molecular complexity index is 22.5. The van der Waals surface area contributed by atoms with E-state index >= 15 is 0 Å². The molecule has 6 radical (unpaired) electrons. The van der Waals surface area contributed by atoms with E-state index in [0.717, 1.165) is 0 Å². The fourth-order valence-corrected chi connectivity index (χ4v) is 0. The average molecular weight is 453 g/mol. The van der Waals surface area contributed by atoms with Gasteiger partial charge in [0.15, 0.2) is 0 Å². The minimum Gasteiger partial charge on any atom is -2.00 e. The van der Waals surface area contributed by atoms with E-state index in [-0.39, 0.29) is 141 Å². The van der Waals surface area contributed by atoms with Gasteiger partial charge in [-0.05, 0) is 0 Å². The zero-order valence-corrected chi connectivity index (χ0v) is 11.8. The fraction of sp³-hybridized carbons (Fsp3) is 0. The molecule has 0 saturated heterocycles. The molecule has 0 aliphatic heterocycles. The van der Waals surface area contributed by atoms with Crippen LogP contribution >= 0.6 is 0 Å². The van der Waals surface area contributed by atoms with E-state index < -0.39 is 0 Å². The summed E-state index contributed by atoms with van der Waals surface area (Å²) in [5, 5.41) is 0. The Kier molecular flexibility index (Phi) is 11500. The van der Waals surface area contributed by atoms with Gasteiger partial charge in [0, 0.05) is 0 Å². The van der Waals surface area contributed by atoms with Crippen LogP contribution in [0.15, 0.2) is 0 Å². The van der Waals surface area contributed by atoms with Gasteiger partial charge in [-0.15, -0.1) is 0 Å². The molecule has 13 heavy (non-hydrogen) atoms. The van der Waals surface area contributed by atoms with Gasteiger partial charge in [0.25, 0.3) is 0 Å². The normalized spacial score (nSPS) is 0. The van der Waals surface area contributed by atoms with Crippen molar-refractivity contribution in [1.29, 1.82) is 0 Å². The van der Waals surface area contributed by atoms with Gasteiger partial charge < -0.3 is 38.3 Å². The van der Waals surface area contributed by atoms with Crippen LogP contribution in [0.4, 0.5) is 0 Å². The molecule has 0 heterocycles. The average Bonchev–Trinajstić information content (AvgIpc) is 0. The van der Waals surface area contributed by atoms with Gasteiger partial charge in [0.1, 0.15) is 0 Å². The summed E-state index contributed by atoms with van der Waals surface area (Å²) in [4.78, 5) is 0. The van der Waals surface area contributed by atoms with Crippen LogP contribution in [0, 0.1) is 0 Å². The summed E-state index contributed by atoms with van der Waals surface area (Å²) >= 11 is 0. The molecule has 0 amide bonds. The molecule has 13 heteroatoms. The topological polar surface area (TPSA) is 200 Å². The molecule has 0 aromatic rings. The summed E-state index contributed by atoms with van der Waals surface area (Å²) in [6.07, 6.45) is 0. The van der Waals surface area contributed by atoms with E-state index in [2.05, 4.69) is 0 Å². The van der Waals surface area contributed by atoms with Crippen molar-refractivity contribution in [1.82, 2.24) is 0 Å². The molecule has 0 aromatic heterocycles. The Labute approximate surface area is 140 Å². The maximum atomic E-state index is 0. The predicted octanol–water partition coefficient (Wildman–Crippen LogP) is -0.847. The van der Waals surface area contributed by atoms with Crippen molar-refractivity contribution in [3.05, 3.63) is 0 Å². The summed E-state index contributed by atoms with van der Waals surface area (Å²) in [5.41, 5.74) is 0. The summed E-state index contributed by atoms with van der Waals surface area (Å²) in [6.45, 7) is 0. The first-order chi connectivity index (χ1) is 0. The van der Waals surface area contributed by atoms with Crippen LogP contribution in [0.3, 0.4) is 0 Å². The van der Waals surface area contributed by atoms with Crippen LogP contribution in [-0.2, 0) is 141 Å². The molecular formula is Cr2Cu2Mn2O7. The number of hydrogen-bond acceptors (Lipinski definition) is 0. The molecule has 0 unspecified atom stereocenters. The van der Waals surface area contributed by atoms with E-state index in [0.29, 0.717) is 0 Å². The van der Waals surface area contributed by atoms with Crippen LogP contribution in [0.2, 0.25) is 0 Å². The molecule has 0 spiro atoms. The van der Waals surface area contributed by atoms with Crippen molar-refractivity contribution in [3.63, 3.8) is 0 Å². The molecule has 0 bridgehead atoms. The third kappa shape index (κ3) is 300. The minimum atomic E-state index is 0. The zero-order valence-electron chi connectivity index (χ0n) is 5.03. The quantitative estimate of drug-likeness (QED) is 0.412. The summed E-state index contributed by atoms with van der Waals surface area (Å²) < 4.78 is 0. The smallest absolute Gasteiger partial charge is 2.00 e. The molecule has 0 aromatic carbocycles. The van der Waals surface area contributed by atoms with Crippen LogP contribution < -0.4 is 0 Å². The van der Waals surface area contributed by atoms with Crippen molar-refractivity contribution >= 4 is 0 Å². The molecule has 0 rings (SSSR count). The van der Waals surface area contributed by atoms with Crippen molar-refractivity contribution in [2.24, 2.45) is 0 Å². The Morgan fingerprint density at radius 1 is 0.308 bits per heavy atom. The standard InChI is InChI=1S/2Cr.2Cu.2Mn.7O/q2*+3;4*+2;7*-2. The van der Waals surface area contributed by atoms with E-state index in [4.69, 9.17) is 0 Å². The van der Waals surface area contributed by atoms with Gasteiger partial charge >= 0.3 is 103 Å². The Balaban J connectivity index is 0. The maximum absolute atomic E-state index is 0. The molecule has 90 valence electrons. The van der Waals surface area contributed by atoms with E-state index in [1.54, 1.807) is 0 Å². The van der Waals surface area contributed by atoms with Crippen LogP contribution in [0.1, 0.15) is 0 Å². The minimum absolute atomic E-state index is 0. The van der Waals surface area contributed by atoms with Crippen molar-refractivity contribution < 1.29 is 141 Å². The van der Waals surface area contributed by atoms with Crippen LogP contribution in [0.25, 0.3) is 0 Å². The van der Waals surface area contributed by atoms with Crippen molar-refractivity contribution in [2.45, 2.75) is 0 Å². The Hall–Kier alpha value is 2.86. The molecule has 0 aliphatic rings. The zero-order chi connectivity index (χ0) is 0. The summed E-state index contributed by atoms with van der Waals surface area (Å²) in [6, 6.07) is 0. The Morgan fingerprint density at radius 3 is 0.308 bits per heavy atom. The molecule has 0 saturated carbocycles. The van der Waals surface area contributed by atoms with Gasteiger partial charge in [-0.1, -0.05) is 0 Å². The van der Waals surface area contributed by atoms with Gasteiger partial charge in [-0.2, -0.15) is 0 Å². The maximum Gasteiger partial charge on any atom is 3.00 e. The van der Waals surface area contributed by atoms with Crippen LogP contribution in [0.5, 0.6) is 0 Å². The second kappa shape index (κ2) is 349. The first-order valence-corrected chi connectivity index (χ1v) is 0. The first kappa shape index (κ1) is 428. The van der Waals surface area contributed by atoms with E-state index in [9.17, 15) is 0 Å². The fourth-order valence-electron chi connectivity index (χ4n) is 0. The van der Waals surface area contributed by atoms with Crippen molar-refractivity contribution in [2.75, 3.05) is 0 Å². The number of rotatable bonds is 0. The van der Waals surface area contributed by atoms with Crippen molar-refractivity contribution in [3.8, 4) is 0 Å². The third-order valence-electron chi connectivity index (χ3n) is 0. The van der Waals surface area contributed by atoms with E-state index in [1.165, 1.54) is 0 Å². The molecule has 0 fully saturated rings. The largest absolute Gasteiger partial charge is 3.00 e. The molecule has 0 N–H and O–H groups in total. The van der Waals surface area contributed by atoms with E-state index in [1.807, 2.05) is 0 Å². The first-order valence-electron chi connectivity index (χ1n) is 0. The molecule has 7 nitrogen and oxygen atoms in total. The second-order valence-corrected chi connectivity index (χ2v) is 0. The molecule has 0 aliphatic carbocycles. The van der Waals surface area contributed by atoms with Gasteiger partial charge in [0.05, 0.1) is 0 Å². The Morgan fingerprint density at radius 2 is 0.308 bits per heavy atom. The summed E-state index contributed by atoms with van der Waals surface area (Å²) in [5.74, 6) is 0. The molecular weight excluding hydrogens is 453 g/mol. The monoisotopic (exact) mass is 452 g/mol. The van der Waals surface area contributed by atoms with Crippen LogP contribution in [-0.4, -0.2) is 0 Å². The SMILES string of the molecule is [Cr+3].[Cr+3].[Cu+2].[Cu+2].[Mn+2].[Mn+2].[O-2].[O-2].[O-2].[O-2].[O-2].[O-2].[O-2]. The van der Waals surface area contributed by atoms with Gasteiger partial charge in [-0.25, -0.2) is 0 Å². The predicted molar refractivity (Wildman–Crippen MR) is 4.81 cm³/mol. The summed E-state index contributed by atoms with van der Waals surface area (Å²) in [7, 11) is 0. The van der Waals surface area contributed by atoms with Gasteiger partial charge in [0.2, 0.25) is 0 Å².